The van der Waals surface area contributed by atoms with Crippen molar-refractivity contribution in [2.45, 2.75) is 57.5 Å². The molecule has 0 radical (unpaired) electrons. The first kappa shape index (κ1) is 9.21. The van der Waals surface area contributed by atoms with Crippen LogP contribution < -0.4 is 0 Å². The summed E-state index contributed by atoms with van der Waals surface area (Å²) in [6.07, 6.45) is 9.03. The van der Waals surface area contributed by atoms with Gasteiger partial charge in [0.1, 0.15) is 0 Å². The lowest BCUT2D eigenvalue weighted by atomic mass is 9.83. The van der Waals surface area contributed by atoms with Gasteiger partial charge >= 0.3 is 0 Å². The van der Waals surface area contributed by atoms with Crippen molar-refractivity contribution in [3.05, 3.63) is 0 Å². The van der Waals surface area contributed by atoms with Crippen LogP contribution in [0, 0.1) is 17.8 Å². The first-order valence-electron chi connectivity index (χ1n) is 6.49. The number of nitrogens with zero attached hydrogens (tertiary/aromatic N) is 1. The predicted octanol–water partition coefficient (Wildman–Crippen LogP) is 2.91. The van der Waals surface area contributed by atoms with Crippen LogP contribution in [0.15, 0.2) is 0 Å². The third-order valence-electron chi connectivity index (χ3n) is 5.21. The molecule has 0 aromatic carbocycles. The lowest BCUT2D eigenvalue weighted by molar-refractivity contribution is 0.153. The number of hydrogen-bond donors (Lipinski definition) is 0. The molecule has 0 N–H and O–H groups in total. The zero-order valence-corrected chi connectivity index (χ0v) is 9.58. The van der Waals surface area contributed by atoms with Crippen molar-refractivity contribution < 1.29 is 0 Å². The van der Waals surface area contributed by atoms with Gasteiger partial charge in [0.15, 0.2) is 0 Å². The molecule has 1 heterocycles. The normalized spacial score (nSPS) is 53.1. The molecule has 2 saturated carbocycles. The van der Waals surface area contributed by atoms with Crippen LogP contribution in [-0.2, 0) is 0 Å². The zero-order valence-electron chi connectivity index (χ0n) is 9.58. The number of likely N-dealkylation sites (tertiary alicyclic amines) is 1. The first-order valence-corrected chi connectivity index (χ1v) is 6.49. The molecule has 1 aliphatic heterocycles. The molecule has 3 fully saturated rings. The Morgan fingerprint density at radius 3 is 2.57 bits per heavy atom. The molecule has 3 rings (SSSR count). The van der Waals surface area contributed by atoms with Crippen LogP contribution in [0.3, 0.4) is 0 Å². The largest absolute Gasteiger partial charge is 0.300 e. The molecule has 2 bridgehead atoms. The number of fused-ring (bicyclic) bond motifs is 3. The van der Waals surface area contributed by atoms with Gasteiger partial charge in [-0.1, -0.05) is 26.2 Å². The Balaban J connectivity index is 1.86. The van der Waals surface area contributed by atoms with E-state index < -0.39 is 0 Å². The molecule has 3 aliphatic rings. The summed E-state index contributed by atoms with van der Waals surface area (Å²) in [5.41, 5.74) is 0. The second kappa shape index (κ2) is 3.23. The molecule has 0 aromatic heterocycles. The first-order chi connectivity index (χ1) is 6.77. The Morgan fingerprint density at radius 1 is 0.929 bits per heavy atom. The third kappa shape index (κ3) is 1.32. The smallest absolute Gasteiger partial charge is 0.0127 e. The minimum absolute atomic E-state index is 0.917. The van der Waals surface area contributed by atoms with Gasteiger partial charge in [0.05, 0.1) is 0 Å². The Bertz CT molecular complexity index is 225. The fraction of sp³-hybridized carbons (Fsp3) is 1.00. The molecule has 1 heteroatoms. The summed E-state index contributed by atoms with van der Waals surface area (Å²) < 4.78 is 0. The van der Waals surface area contributed by atoms with Gasteiger partial charge < -0.3 is 0 Å². The van der Waals surface area contributed by atoms with Crippen LogP contribution in [0.2, 0.25) is 0 Å². The summed E-state index contributed by atoms with van der Waals surface area (Å²) in [5.74, 6) is 3.10. The second-order valence-corrected chi connectivity index (χ2v) is 5.94. The lowest BCUT2D eigenvalue weighted by Crippen LogP contribution is -2.38. The van der Waals surface area contributed by atoms with E-state index >= 15 is 0 Å². The van der Waals surface area contributed by atoms with Gasteiger partial charge in [0, 0.05) is 12.1 Å². The highest BCUT2D eigenvalue weighted by atomic mass is 15.2. The molecule has 0 amide bonds. The monoisotopic (exact) mass is 193 g/mol. The summed E-state index contributed by atoms with van der Waals surface area (Å²) in [6, 6.07) is 1.89. The van der Waals surface area contributed by atoms with Gasteiger partial charge in [-0.15, -0.1) is 0 Å². The molecule has 0 spiro atoms. The summed E-state index contributed by atoms with van der Waals surface area (Å²) in [4.78, 5) is 2.74. The molecule has 3 unspecified atom stereocenters. The molecule has 2 aliphatic carbocycles. The quantitative estimate of drug-likeness (QED) is 0.572. The van der Waals surface area contributed by atoms with Crippen LogP contribution in [0.4, 0.5) is 0 Å². The van der Waals surface area contributed by atoms with Crippen molar-refractivity contribution in [2.24, 2.45) is 17.8 Å². The highest BCUT2D eigenvalue weighted by Gasteiger charge is 2.49. The van der Waals surface area contributed by atoms with E-state index in [0.717, 1.165) is 29.8 Å². The molecular formula is C13H23N. The molecule has 80 valence electrons. The average molecular weight is 193 g/mol. The van der Waals surface area contributed by atoms with Crippen molar-refractivity contribution in [3.8, 4) is 0 Å². The Morgan fingerprint density at radius 2 is 1.71 bits per heavy atom. The van der Waals surface area contributed by atoms with E-state index in [9.17, 15) is 0 Å². The molecule has 0 aromatic rings. The maximum absolute atomic E-state index is 2.74. The standard InChI is InChI=1S/C13H23N/c1-9-10-5-3-4-6-12(9)14(2)13-8-11(13)7-10/h9-13H,3-8H2,1-2H3/t9-,10?,11?,12?,13+/m0/s1. The van der Waals surface area contributed by atoms with Crippen LogP contribution in [-0.4, -0.2) is 24.0 Å². The molecule has 1 saturated heterocycles. The minimum atomic E-state index is 0.917. The van der Waals surface area contributed by atoms with Crippen molar-refractivity contribution in [1.29, 1.82) is 0 Å². The van der Waals surface area contributed by atoms with E-state index in [1.165, 1.54) is 32.1 Å². The van der Waals surface area contributed by atoms with Crippen molar-refractivity contribution >= 4 is 0 Å². The van der Waals surface area contributed by atoms with Gasteiger partial charge in [0.25, 0.3) is 0 Å². The van der Waals surface area contributed by atoms with Crippen LogP contribution >= 0.6 is 0 Å². The van der Waals surface area contributed by atoms with Crippen LogP contribution in [0.1, 0.15) is 45.4 Å². The SMILES string of the molecule is C[C@H]1C2CCCCC1N(C)[C@@H]1CC1C2. The fourth-order valence-electron chi connectivity index (χ4n) is 4.13. The van der Waals surface area contributed by atoms with Gasteiger partial charge in [-0.2, -0.15) is 0 Å². The van der Waals surface area contributed by atoms with E-state index in [0.29, 0.717) is 0 Å². The zero-order chi connectivity index (χ0) is 9.71. The van der Waals surface area contributed by atoms with Crippen molar-refractivity contribution in [1.82, 2.24) is 4.90 Å². The Hall–Kier alpha value is -0.0400. The van der Waals surface area contributed by atoms with Crippen molar-refractivity contribution in [3.63, 3.8) is 0 Å². The van der Waals surface area contributed by atoms with Gasteiger partial charge in [-0.25, -0.2) is 0 Å². The number of hydrogen-bond acceptors (Lipinski definition) is 1. The van der Waals surface area contributed by atoms with Crippen LogP contribution in [0.25, 0.3) is 0 Å². The Labute approximate surface area is 87.9 Å². The minimum Gasteiger partial charge on any atom is -0.300 e. The van der Waals surface area contributed by atoms with Gasteiger partial charge in [-0.3, -0.25) is 4.90 Å². The van der Waals surface area contributed by atoms with E-state index in [1.54, 1.807) is 6.42 Å². The van der Waals surface area contributed by atoms with Crippen LogP contribution in [0.5, 0.6) is 0 Å². The van der Waals surface area contributed by atoms with Gasteiger partial charge in [0.2, 0.25) is 0 Å². The summed E-state index contributed by atoms with van der Waals surface area (Å²) in [6.45, 7) is 2.52. The maximum Gasteiger partial charge on any atom is 0.0127 e. The highest BCUT2D eigenvalue weighted by Crippen LogP contribution is 2.50. The van der Waals surface area contributed by atoms with E-state index in [2.05, 4.69) is 18.9 Å². The van der Waals surface area contributed by atoms with Gasteiger partial charge in [-0.05, 0) is 44.1 Å². The summed E-state index contributed by atoms with van der Waals surface area (Å²) >= 11 is 0. The third-order valence-corrected chi connectivity index (χ3v) is 5.21. The average Bonchev–Trinajstić information content (AvgIpc) is 2.94. The maximum atomic E-state index is 2.74. The molecule has 1 nitrogen and oxygen atoms in total. The molecule has 5 atom stereocenters. The van der Waals surface area contributed by atoms with E-state index in [1.807, 2.05) is 0 Å². The Kier molecular flexibility index (Phi) is 2.12. The molecular weight excluding hydrogens is 170 g/mol. The summed E-state index contributed by atoms with van der Waals surface area (Å²) in [7, 11) is 2.39. The number of rotatable bonds is 0. The molecule has 14 heavy (non-hydrogen) atoms. The van der Waals surface area contributed by atoms with Crippen molar-refractivity contribution in [2.75, 3.05) is 7.05 Å². The summed E-state index contributed by atoms with van der Waals surface area (Å²) in [5, 5.41) is 0. The topological polar surface area (TPSA) is 3.24 Å². The lowest BCUT2D eigenvalue weighted by Gasteiger charge is -2.33. The van der Waals surface area contributed by atoms with E-state index in [4.69, 9.17) is 0 Å². The van der Waals surface area contributed by atoms with E-state index in [-0.39, 0.29) is 0 Å². The predicted molar refractivity (Wildman–Crippen MR) is 59.2 cm³/mol. The highest BCUT2D eigenvalue weighted by molar-refractivity contribution is 5.02. The fourth-order valence-corrected chi connectivity index (χ4v) is 4.13. The second-order valence-electron chi connectivity index (χ2n) is 5.94.